The summed E-state index contributed by atoms with van der Waals surface area (Å²) in [6, 6.07) is -0.333. The number of sulfonamides is 1. The van der Waals surface area contributed by atoms with Gasteiger partial charge in [-0.3, -0.25) is 0 Å². The predicted octanol–water partition coefficient (Wildman–Crippen LogP) is -0.677. The van der Waals surface area contributed by atoms with Crippen molar-refractivity contribution in [1.82, 2.24) is 4.72 Å². The Morgan fingerprint density at radius 1 is 1.54 bits per heavy atom. The van der Waals surface area contributed by atoms with Gasteiger partial charge in [-0.2, -0.15) is 0 Å². The van der Waals surface area contributed by atoms with Gasteiger partial charge in [-0.05, 0) is 13.3 Å². The molecule has 0 aromatic heterocycles. The normalized spacial score (nSPS) is 14.4. The maximum Gasteiger partial charge on any atom is 0.211 e. The molecule has 0 aliphatic rings. The van der Waals surface area contributed by atoms with Gasteiger partial charge in [0.05, 0.1) is 12.4 Å². The van der Waals surface area contributed by atoms with Crippen LogP contribution in [0.15, 0.2) is 0 Å². The molecular weight excluding hydrogens is 194 g/mol. The molecule has 0 fully saturated rings. The van der Waals surface area contributed by atoms with E-state index in [2.05, 4.69) is 4.72 Å². The highest BCUT2D eigenvalue weighted by atomic mass is 32.2. The van der Waals surface area contributed by atoms with E-state index in [0.717, 1.165) is 0 Å². The highest BCUT2D eigenvalue weighted by molar-refractivity contribution is 7.89. The molecule has 0 amide bonds. The van der Waals surface area contributed by atoms with Crippen molar-refractivity contribution in [2.75, 3.05) is 26.1 Å². The van der Waals surface area contributed by atoms with Crippen LogP contribution in [-0.4, -0.2) is 45.6 Å². The van der Waals surface area contributed by atoms with Gasteiger partial charge < -0.3 is 9.84 Å². The van der Waals surface area contributed by atoms with Crippen LogP contribution in [0.5, 0.6) is 0 Å². The fourth-order valence-corrected chi connectivity index (χ4v) is 1.73. The van der Waals surface area contributed by atoms with E-state index in [1.807, 2.05) is 0 Å². The molecule has 0 saturated heterocycles. The van der Waals surface area contributed by atoms with Crippen molar-refractivity contribution in [2.24, 2.45) is 0 Å². The lowest BCUT2D eigenvalue weighted by atomic mass is 10.2. The highest BCUT2D eigenvalue weighted by Crippen LogP contribution is 1.95. The lowest BCUT2D eigenvalue weighted by Crippen LogP contribution is -2.39. The lowest BCUT2D eigenvalue weighted by molar-refractivity contribution is 0.158. The van der Waals surface area contributed by atoms with Crippen LogP contribution in [0.25, 0.3) is 0 Å². The minimum absolute atomic E-state index is 0.0403. The zero-order valence-electron chi connectivity index (χ0n) is 7.99. The molecular formula is C7H17NO4S. The maximum atomic E-state index is 11.1. The molecule has 0 rings (SSSR count). The average Bonchev–Trinajstić information content (AvgIpc) is 2.05. The summed E-state index contributed by atoms with van der Waals surface area (Å²) in [4.78, 5) is 0. The van der Waals surface area contributed by atoms with Crippen LogP contribution in [0, 0.1) is 0 Å². The van der Waals surface area contributed by atoms with Gasteiger partial charge in [-0.25, -0.2) is 13.1 Å². The summed E-state index contributed by atoms with van der Waals surface area (Å²) in [6.45, 7) is 1.78. The molecule has 1 unspecified atom stereocenters. The number of nitrogens with one attached hydrogen (secondary N) is 1. The van der Waals surface area contributed by atoms with Crippen LogP contribution in [0.3, 0.4) is 0 Å². The van der Waals surface area contributed by atoms with Crippen molar-refractivity contribution >= 4 is 10.0 Å². The zero-order chi connectivity index (χ0) is 10.3. The van der Waals surface area contributed by atoms with Crippen LogP contribution >= 0.6 is 0 Å². The largest absolute Gasteiger partial charge is 0.396 e. The average molecular weight is 211 g/mol. The number of hydrogen-bond donors (Lipinski definition) is 2. The lowest BCUT2D eigenvalue weighted by Gasteiger charge is -2.15. The van der Waals surface area contributed by atoms with Gasteiger partial charge in [0.25, 0.3) is 0 Å². The monoisotopic (exact) mass is 211 g/mol. The number of hydrogen-bond acceptors (Lipinski definition) is 4. The Hall–Kier alpha value is -0.170. The van der Waals surface area contributed by atoms with Crippen molar-refractivity contribution < 1.29 is 18.3 Å². The molecule has 0 aliphatic heterocycles. The Morgan fingerprint density at radius 2 is 2.15 bits per heavy atom. The number of ether oxygens (including phenoxy) is 1. The minimum Gasteiger partial charge on any atom is -0.396 e. The molecule has 0 heterocycles. The molecule has 6 heteroatoms. The fraction of sp³-hybridized carbons (Fsp3) is 1.00. The SMILES string of the molecule is CCS(=O)(=O)NC(CCO)COC. The van der Waals surface area contributed by atoms with Crippen LogP contribution in [-0.2, 0) is 14.8 Å². The van der Waals surface area contributed by atoms with E-state index < -0.39 is 10.0 Å². The first-order chi connectivity index (χ1) is 6.05. The second kappa shape index (κ2) is 6.31. The van der Waals surface area contributed by atoms with Crippen molar-refractivity contribution in [3.05, 3.63) is 0 Å². The fourth-order valence-electron chi connectivity index (χ4n) is 0.871. The molecule has 0 aliphatic carbocycles. The molecule has 2 N–H and O–H groups in total. The third-order valence-corrected chi connectivity index (χ3v) is 3.02. The number of aliphatic hydroxyl groups excluding tert-OH is 1. The molecule has 0 saturated carbocycles. The first-order valence-corrected chi connectivity index (χ1v) is 5.80. The van der Waals surface area contributed by atoms with Crippen LogP contribution in [0.2, 0.25) is 0 Å². The zero-order valence-corrected chi connectivity index (χ0v) is 8.80. The summed E-state index contributed by atoms with van der Waals surface area (Å²) in [7, 11) is -1.71. The molecule has 0 radical (unpaired) electrons. The first-order valence-electron chi connectivity index (χ1n) is 4.15. The smallest absolute Gasteiger partial charge is 0.211 e. The third-order valence-electron chi connectivity index (χ3n) is 1.57. The summed E-state index contributed by atoms with van der Waals surface area (Å²) in [5.41, 5.74) is 0. The van der Waals surface area contributed by atoms with Gasteiger partial charge in [0, 0.05) is 19.8 Å². The minimum atomic E-state index is -3.20. The molecule has 0 bridgehead atoms. The molecule has 0 aromatic carbocycles. The van der Waals surface area contributed by atoms with Crippen LogP contribution < -0.4 is 4.72 Å². The Labute approximate surface area is 79.1 Å². The van der Waals surface area contributed by atoms with Crippen molar-refractivity contribution in [3.8, 4) is 0 Å². The highest BCUT2D eigenvalue weighted by Gasteiger charge is 2.15. The Balaban J connectivity index is 4.08. The second-order valence-electron chi connectivity index (χ2n) is 2.69. The summed E-state index contributed by atoms with van der Waals surface area (Å²) in [5, 5.41) is 8.64. The van der Waals surface area contributed by atoms with E-state index in [1.54, 1.807) is 6.92 Å². The molecule has 13 heavy (non-hydrogen) atoms. The molecule has 5 nitrogen and oxygen atoms in total. The van der Waals surface area contributed by atoms with E-state index >= 15 is 0 Å². The van der Waals surface area contributed by atoms with Gasteiger partial charge in [0.15, 0.2) is 0 Å². The Kier molecular flexibility index (Phi) is 6.23. The molecule has 1 atom stereocenters. The van der Waals surface area contributed by atoms with Crippen molar-refractivity contribution in [3.63, 3.8) is 0 Å². The van der Waals surface area contributed by atoms with E-state index in [4.69, 9.17) is 9.84 Å². The number of methoxy groups -OCH3 is 1. The van der Waals surface area contributed by atoms with Gasteiger partial charge >= 0.3 is 0 Å². The molecule has 0 spiro atoms. The van der Waals surface area contributed by atoms with Crippen LogP contribution in [0.4, 0.5) is 0 Å². The quantitative estimate of drug-likeness (QED) is 0.585. The van der Waals surface area contributed by atoms with Gasteiger partial charge in [0.1, 0.15) is 0 Å². The van der Waals surface area contributed by atoms with Crippen LogP contribution in [0.1, 0.15) is 13.3 Å². The van der Waals surface area contributed by atoms with Crippen molar-refractivity contribution in [1.29, 1.82) is 0 Å². The second-order valence-corrected chi connectivity index (χ2v) is 4.73. The van der Waals surface area contributed by atoms with E-state index in [9.17, 15) is 8.42 Å². The van der Waals surface area contributed by atoms with Crippen molar-refractivity contribution in [2.45, 2.75) is 19.4 Å². The van der Waals surface area contributed by atoms with E-state index in [-0.39, 0.29) is 25.0 Å². The van der Waals surface area contributed by atoms with Gasteiger partial charge in [0.2, 0.25) is 10.0 Å². The molecule has 80 valence electrons. The number of aliphatic hydroxyl groups is 1. The first kappa shape index (κ1) is 12.8. The number of rotatable bonds is 7. The summed E-state index contributed by atoms with van der Waals surface area (Å²) in [6.07, 6.45) is 0.368. The summed E-state index contributed by atoms with van der Waals surface area (Å²) < 4.78 is 29.5. The summed E-state index contributed by atoms with van der Waals surface area (Å²) >= 11 is 0. The molecule has 0 aromatic rings. The summed E-state index contributed by atoms with van der Waals surface area (Å²) in [5.74, 6) is 0.0403. The van der Waals surface area contributed by atoms with Gasteiger partial charge in [-0.1, -0.05) is 0 Å². The van der Waals surface area contributed by atoms with E-state index in [0.29, 0.717) is 6.42 Å². The standard InChI is InChI=1S/C7H17NO4S/c1-3-13(10,11)8-7(4-5-9)6-12-2/h7-9H,3-6H2,1-2H3. The Bertz CT molecular complexity index is 209. The predicted molar refractivity (Wildman–Crippen MR) is 50.0 cm³/mol. The van der Waals surface area contributed by atoms with E-state index in [1.165, 1.54) is 7.11 Å². The third kappa shape index (κ3) is 5.98. The maximum absolute atomic E-state index is 11.1. The Morgan fingerprint density at radius 3 is 2.54 bits per heavy atom. The topological polar surface area (TPSA) is 75.6 Å². The van der Waals surface area contributed by atoms with Gasteiger partial charge in [-0.15, -0.1) is 0 Å².